The van der Waals surface area contributed by atoms with E-state index in [1.807, 2.05) is 6.92 Å². The molecular formula is C26H29F3N2O4. The molecular weight excluding hydrogens is 461 g/mol. The van der Waals surface area contributed by atoms with Crippen molar-refractivity contribution >= 4 is 11.9 Å². The van der Waals surface area contributed by atoms with Gasteiger partial charge in [0.2, 0.25) is 5.91 Å². The van der Waals surface area contributed by atoms with E-state index in [0.717, 1.165) is 37.0 Å². The van der Waals surface area contributed by atoms with Gasteiger partial charge in [0.25, 0.3) is 0 Å². The Labute approximate surface area is 202 Å². The fraction of sp³-hybridized carbons (Fsp3) is 0.462. The maximum atomic E-state index is 13.4. The quantitative estimate of drug-likeness (QED) is 0.568. The zero-order chi connectivity index (χ0) is 25.2. The number of benzene rings is 2. The molecule has 9 heteroatoms. The minimum absolute atomic E-state index is 0.0620. The maximum absolute atomic E-state index is 13.4. The van der Waals surface area contributed by atoms with Gasteiger partial charge in [0.05, 0.1) is 24.3 Å². The van der Waals surface area contributed by atoms with Crippen LogP contribution in [0.4, 0.5) is 13.2 Å². The van der Waals surface area contributed by atoms with Gasteiger partial charge in [-0.05, 0) is 68.5 Å². The smallest absolute Gasteiger partial charge is 0.416 e. The Morgan fingerprint density at radius 3 is 2.46 bits per heavy atom. The number of methoxy groups -OCH3 is 1. The van der Waals surface area contributed by atoms with Gasteiger partial charge in [-0.1, -0.05) is 18.2 Å². The number of hydrogen-bond acceptors (Lipinski definition) is 5. The lowest BCUT2D eigenvalue weighted by Crippen LogP contribution is -2.62. The Balaban J connectivity index is 1.38. The highest BCUT2D eigenvalue weighted by molar-refractivity contribution is 5.89. The van der Waals surface area contributed by atoms with Gasteiger partial charge >= 0.3 is 12.1 Å². The number of amides is 1. The normalized spacial score (nSPS) is 20.5. The van der Waals surface area contributed by atoms with Crippen molar-refractivity contribution in [3.05, 3.63) is 65.2 Å². The van der Waals surface area contributed by atoms with E-state index in [0.29, 0.717) is 25.1 Å². The molecule has 1 aliphatic heterocycles. The lowest BCUT2D eigenvalue weighted by atomic mass is 9.74. The number of carbonyl (C=O) groups is 2. The van der Waals surface area contributed by atoms with Crippen LogP contribution in [0.15, 0.2) is 48.5 Å². The van der Waals surface area contributed by atoms with E-state index >= 15 is 0 Å². The van der Waals surface area contributed by atoms with Crippen LogP contribution in [0, 0.1) is 0 Å². The molecule has 35 heavy (non-hydrogen) atoms. The van der Waals surface area contributed by atoms with Crippen molar-refractivity contribution in [1.29, 1.82) is 0 Å². The highest BCUT2D eigenvalue weighted by Gasteiger charge is 2.51. The van der Waals surface area contributed by atoms with Crippen LogP contribution < -0.4 is 10.1 Å². The number of alkyl halides is 3. The molecule has 0 bridgehead atoms. The zero-order valence-corrected chi connectivity index (χ0v) is 19.7. The molecule has 1 saturated heterocycles. The van der Waals surface area contributed by atoms with Crippen LogP contribution in [-0.2, 0) is 15.7 Å². The van der Waals surface area contributed by atoms with E-state index in [4.69, 9.17) is 9.47 Å². The third kappa shape index (κ3) is 5.29. The molecule has 2 aliphatic rings. The van der Waals surface area contributed by atoms with Crippen LogP contribution in [0.2, 0.25) is 0 Å². The van der Waals surface area contributed by atoms with Gasteiger partial charge < -0.3 is 14.8 Å². The molecule has 2 fully saturated rings. The van der Waals surface area contributed by atoms with Crippen LogP contribution in [-0.4, -0.2) is 48.6 Å². The van der Waals surface area contributed by atoms with Gasteiger partial charge in [0.1, 0.15) is 17.4 Å². The zero-order valence-electron chi connectivity index (χ0n) is 19.7. The Hall–Kier alpha value is -3.07. The number of nitrogens with one attached hydrogen (secondary N) is 1. The second-order valence-corrected chi connectivity index (χ2v) is 9.19. The summed E-state index contributed by atoms with van der Waals surface area (Å²) >= 11 is 0. The summed E-state index contributed by atoms with van der Waals surface area (Å²) < 4.78 is 49.6. The number of carbonyl (C=O) groups excluding carboxylic acids is 2. The third-order valence-electron chi connectivity index (χ3n) is 7.00. The molecule has 1 N–H and O–H groups in total. The highest BCUT2D eigenvalue weighted by Crippen LogP contribution is 2.41. The maximum Gasteiger partial charge on any atom is 0.416 e. The third-order valence-corrected chi connectivity index (χ3v) is 7.00. The van der Waals surface area contributed by atoms with Crippen molar-refractivity contribution in [2.75, 3.05) is 20.2 Å². The molecule has 1 saturated carbocycles. The number of hydrogen-bond donors (Lipinski definition) is 1. The molecule has 4 rings (SSSR count). The summed E-state index contributed by atoms with van der Waals surface area (Å²) in [7, 11) is 1.32. The van der Waals surface area contributed by atoms with Gasteiger partial charge in [0.15, 0.2) is 0 Å². The van der Waals surface area contributed by atoms with E-state index in [1.165, 1.54) is 19.2 Å². The fourth-order valence-corrected chi connectivity index (χ4v) is 4.79. The fourth-order valence-electron chi connectivity index (χ4n) is 4.79. The van der Waals surface area contributed by atoms with Gasteiger partial charge in [0, 0.05) is 13.1 Å². The summed E-state index contributed by atoms with van der Waals surface area (Å²) in [6.07, 6.45) is -1.69. The molecule has 188 valence electrons. The minimum Gasteiger partial charge on any atom is -0.489 e. The molecule has 0 unspecified atom stereocenters. The second kappa shape index (κ2) is 9.89. The van der Waals surface area contributed by atoms with Crippen molar-refractivity contribution in [1.82, 2.24) is 10.2 Å². The lowest BCUT2D eigenvalue weighted by molar-refractivity contribution is -0.140. The highest BCUT2D eigenvalue weighted by atomic mass is 19.4. The van der Waals surface area contributed by atoms with Crippen molar-refractivity contribution in [3.8, 4) is 5.75 Å². The van der Waals surface area contributed by atoms with Gasteiger partial charge in [-0.15, -0.1) is 0 Å². The van der Waals surface area contributed by atoms with E-state index < -0.39 is 23.2 Å². The van der Waals surface area contributed by atoms with Crippen LogP contribution in [0.5, 0.6) is 5.75 Å². The number of rotatable bonds is 7. The van der Waals surface area contributed by atoms with Crippen molar-refractivity contribution in [3.63, 3.8) is 0 Å². The molecule has 0 radical (unpaired) electrons. The number of halogens is 3. The average Bonchev–Trinajstić information content (AvgIpc) is 3.25. The van der Waals surface area contributed by atoms with Gasteiger partial charge in [-0.3, -0.25) is 9.69 Å². The number of ether oxygens (including phenoxy) is 2. The minimum atomic E-state index is -4.43. The lowest BCUT2D eigenvalue weighted by Gasteiger charge is -2.47. The first-order chi connectivity index (χ1) is 16.6. The Bertz CT molecular complexity index is 1070. The first-order valence-corrected chi connectivity index (χ1v) is 11.7. The van der Waals surface area contributed by atoms with E-state index in [-0.39, 0.29) is 23.8 Å². The second-order valence-electron chi connectivity index (χ2n) is 9.19. The molecule has 2 aromatic carbocycles. The van der Waals surface area contributed by atoms with E-state index in [2.05, 4.69) is 10.2 Å². The van der Waals surface area contributed by atoms with E-state index in [1.54, 1.807) is 24.3 Å². The summed E-state index contributed by atoms with van der Waals surface area (Å²) in [5, 5.41) is 3.10. The van der Waals surface area contributed by atoms with Crippen molar-refractivity contribution in [2.24, 2.45) is 0 Å². The van der Waals surface area contributed by atoms with Gasteiger partial charge in [-0.2, -0.15) is 13.2 Å². The molecule has 1 heterocycles. The summed E-state index contributed by atoms with van der Waals surface area (Å²) in [6, 6.07) is 11.6. The standard InChI is InChI=1S/C26H29F3N2O4/c1-17(18-7-9-19(10-8-18)23(32)34-2)30-24(33)25(12-4-13-25)31-14-11-22(16-31)35-21-6-3-5-20(15-21)26(27,28)29/h3,5-10,15,17,22H,4,11-14,16H2,1-2H3,(H,30,33)/t17-,22+/m0/s1. The summed E-state index contributed by atoms with van der Waals surface area (Å²) in [5.41, 5.74) is -0.0679. The molecule has 1 amide bonds. The van der Waals surface area contributed by atoms with Crippen LogP contribution in [0.1, 0.15) is 60.1 Å². The molecule has 0 aromatic heterocycles. The van der Waals surface area contributed by atoms with Gasteiger partial charge in [-0.25, -0.2) is 4.79 Å². The van der Waals surface area contributed by atoms with Crippen molar-refractivity contribution in [2.45, 2.75) is 56.5 Å². The Morgan fingerprint density at radius 1 is 1.14 bits per heavy atom. The molecule has 2 atom stereocenters. The predicted octanol–water partition coefficient (Wildman–Crippen LogP) is 4.75. The van der Waals surface area contributed by atoms with Crippen LogP contribution >= 0.6 is 0 Å². The largest absolute Gasteiger partial charge is 0.489 e. The molecule has 1 aliphatic carbocycles. The molecule has 6 nitrogen and oxygen atoms in total. The topological polar surface area (TPSA) is 67.9 Å². The van der Waals surface area contributed by atoms with Crippen LogP contribution in [0.25, 0.3) is 0 Å². The first kappa shape index (κ1) is 25.0. The first-order valence-electron chi connectivity index (χ1n) is 11.7. The van der Waals surface area contributed by atoms with Crippen molar-refractivity contribution < 1.29 is 32.2 Å². The average molecular weight is 491 g/mol. The summed E-state index contributed by atoms with van der Waals surface area (Å²) in [4.78, 5) is 27.1. The number of nitrogens with zero attached hydrogens (tertiary/aromatic N) is 1. The number of esters is 1. The van der Waals surface area contributed by atoms with E-state index in [9.17, 15) is 22.8 Å². The van der Waals surface area contributed by atoms with Crippen LogP contribution in [0.3, 0.4) is 0 Å². The monoisotopic (exact) mass is 490 g/mol. The molecule has 0 spiro atoms. The number of likely N-dealkylation sites (tertiary alicyclic amines) is 1. The Kier molecular flexibility index (Phi) is 7.07. The Morgan fingerprint density at radius 2 is 1.86 bits per heavy atom. The summed E-state index contributed by atoms with van der Waals surface area (Å²) in [5.74, 6) is -0.298. The summed E-state index contributed by atoms with van der Waals surface area (Å²) in [6.45, 7) is 3.01. The SMILES string of the molecule is COC(=O)c1ccc([C@H](C)NC(=O)C2(N3CC[C@@H](Oc4cccc(C(F)(F)F)c4)C3)CCC2)cc1. The predicted molar refractivity (Wildman–Crippen MR) is 123 cm³/mol. The molecule has 2 aromatic rings.